The van der Waals surface area contributed by atoms with Crippen molar-refractivity contribution in [1.29, 1.82) is 5.26 Å². The maximum atomic E-state index is 13.2. The Bertz CT molecular complexity index is 2170. The first kappa shape index (κ1) is 38.6. The van der Waals surface area contributed by atoms with Gasteiger partial charge in [-0.15, -0.1) is 10.2 Å². The number of rotatable bonds is 9. The molecule has 4 amide bonds. The number of imide groups is 1. The van der Waals surface area contributed by atoms with Crippen molar-refractivity contribution in [3.8, 4) is 11.8 Å². The van der Waals surface area contributed by atoms with E-state index in [1.807, 2.05) is 24.4 Å². The lowest BCUT2D eigenvalue weighted by molar-refractivity contribution is -0.120. The Morgan fingerprint density at radius 1 is 1.04 bits per heavy atom. The molecule has 0 bridgehead atoms. The minimum absolute atomic E-state index is 0.0240. The maximum absolute atomic E-state index is 13.2. The molecule has 0 radical (unpaired) electrons. The second-order valence-corrected chi connectivity index (χ2v) is 17.2. The fourth-order valence-corrected chi connectivity index (χ4v) is 9.45. The summed E-state index contributed by atoms with van der Waals surface area (Å²) in [6, 6.07) is 16.7. The molecule has 1 aliphatic carbocycles. The lowest BCUT2D eigenvalue weighted by atomic mass is 9.78. The van der Waals surface area contributed by atoms with E-state index in [0.29, 0.717) is 34.5 Å². The Balaban J connectivity index is 0.821. The number of amides is 4. The molecule has 1 unspecified atom stereocenters. The molecule has 3 saturated heterocycles. The van der Waals surface area contributed by atoms with E-state index in [1.54, 1.807) is 29.2 Å². The van der Waals surface area contributed by atoms with Gasteiger partial charge in [-0.05, 0) is 92.7 Å². The predicted molar refractivity (Wildman–Crippen MR) is 216 cm³/mol. The number of likely N-dealkylation sites (tertiary alicyclic amines) is 1. The molecule has 298 valence electrons. The molecule has 15 heteroatoms. The van der Waals surface area contributed by atoms with E-state index in [1.165, 1.54) is 0 Å². The first-order valence-electron chi connectivity index (χ1n) is 20.1. The van der Waals surface area contributed by atoms with Crippen molar-refractivity contribution >= 4 is 51.9 Å². The Hall–Kier alpha value is -5.26. The van der Waals surface area contributed by atoms with Crippen molar-refractivity contribution in [3.63, 3.8) is 0 Å². The van der Waals surface area contributed by atoms with Crippen LogP contribution in [0.15, 0.2) is 54.7 Å². The third-order valence-electron chi connectivity index (χ3n) is 11.9. The number of aromatic nitrogens is 4. The van der Waals surface area contributed by atoms with Crippen LogP contribution in [-0.4, -0.2) is 94.1 Å². The summed E-state index contributed by atoms with van der Waals surface area (Å²) < 4.78 is 8.23. The summed E-state index contributed by atoms with van der Waals surface area (Å²) in [5, 5.41) is 29.7. The van der Waals surface area contributed by atoms with Crippen LogP contribution in [0, 0.1) is 22.7 Å². The standard InChI is InChI=1S/C42H49ClN10O4/c1-42(2)21-27(24-50-17-14-30(15-18-50)53-37-5-3-4-36(33(37)23-45-53)52-19-16-39(54)47-41(52)56)25-51(26-42)38-13-12-35(48-49-38)40(55)46-29-7-10-31(11-8-29)57-32-9-6-28(22-44)34(43)20-32/h3-6,9,12-13,20,23,27,29-31H,7-8,10-11,14-19,21,24-26H2,1-2H3,(H,46,55)(H,47,54,56). The second kappa shape index (κ2) is 16.3. The van der Waals surface area contributed by atoms with Crippen LogP contribution in [0.5, 0.6) is 5.75 Å². The molecular weight excluding hydrogens is 744 g/mol. The van der Waals surface area contributed by atoms with E-state index >= 15 is 0 Å². The molecule has 14 nitrogen and oxygen atoms in total. The lowest BCUT2D eigenvalue weighted by Gasteiger charge is -2.45. The predicted octanol–water partition coefficient (Wildman–Crippen LogP) is 6.11. The summed E-state index contributed by atoms with van der Waals surface area (Å²) in [6.07, 6.45) is 8.42. The zero-order chi connectivity index (χ0) is 39.7. The molecule has 57 heavy (non-hydrogen) atoms. The highest BCUT2D eigenvalue weighted by molar-refractivity contribution is 6.31. The number of piperidine rings is 2. The van der Waals surface area contributed by atoms with Gasteiger partial charge in [0.05, 0.1) is 40.1 Å². The van der Waals surface area contributed by atoms with Gasteiger partial charge < -0.3 is 19.9 Å². The number of fused-ring (bicyclic) bond motifs is 1. The number of carbonyl (C=O) groups excluding carboxylic acids is 3. The van der Waals surface area contributed by atoms with Crippen molar-refractivity contribution in [2.24, 2.45) is 11.3 Å². The van der Waals surface area contributed by atoms with Crippen LogP contribution in [0.25, 0.3) is 10.9 Å². The summed E-state index contributed by atoms with van der Waals surface area (Å²) in [6.45, 7) is 9.69. The van der Waals surface area contributed by atoms with E-state index in [4.69, 9.17) is 26.7 Å². The van der Waals surface area contributed by atoms with Gasteiger partial charge in [0, 0.05) is 63.2 Å². The number of nitriles is 1. The van der Waals surface area contributed by atoms with Gasteiger partial charge in [-0.3, -0.25) is 24.5 Å². The van der Waals surface area contributed by atoms with E-state index < -0.39 is 0 Å². The van der Waals surface area contributed by atoms with E-state index in [0.717, 1.165) is 100 Å². The summed E-state index contributed by atoms with van der Waals surface area (Å²) in [7, 11) is 0. The van der Waals surface area contributed by atoms with Crippen molar-refractivity contribution in [2.45, 2.75) is 83.4 Å². The van der Waals surface area contributed by atoms with E-state index in [9.17, 15) is 14.4 Å². The van der Waals surface area contributed by atoms with Crippen LogP contribution in [0.2, 0.25) is 5.02 Å². The Morgan fingerprint density at radius 2 is 1.84 bits per heavy atom. The summed E-state index contributed by atoms with van der Waals surface area (Å²) in [5.41, 5.74) is 2.62. The fraction of sp³-hybridized carbons (Fsp3) is 0.500. The average Bonchev–Trinajstić information content (AvgIpc) is 3.63. The van der Waals surface area contributed by atoms with Crippen LogP contribution in [0.1, 0.15) is 87.3 Å². The first-order chi connectivity index (χ1) is 27.5. The normalized spacial score (nSPS) is 23.2. The Labute approximate surface area is 337 Å². The van der Waals surface area contributed by atoms with E-state index in [2.05, 4.69) is 61.3 Å². The molecule has 2 aromatic heterocycles. The number of nitrogens with zero attached hydrogens (tertiary/aromatic N) is 8. The minimum Gasteiger partial charge on any atom is -0.490 e. The number of urea groups is 1. The molecule has 4 aliphatic rings. The molecule has 0 spiro atoms. The van der Waals surface area contributed by atoms with Gasteiger partial charge in [-0.25, -0.2) is 4.79 Å². The van der Waals surface area contributed by atoms with Crippen molar-refractivity contribution in [1.82, 2.24) is 35.5 Å². The van der Waals surface area contributed by atoms with Gasteiger partial charge in [0.15, 0.2) is 11.5 Å². The van der Waals surface area contributed by atoms with Gasteiger partial charge in [0.2, 0.25) is 5.91 Å². The summed E-state index contributed by atoms with van der Waals surface area (Å²) in [4.78, 5) is 44.0. The molecule has 5 heterocycles. The molecule has 1 saturated carbocycles. The molecule has 1 atom stereocenters. The monoisotopic (exact) mass is 792 g/mol. The number of hydrogen-bond donors (Lipinski definition) is 2. The Kier molecular flexibility index (Phi) is 11.0. The third kappa shape index (κ3) is 8.70. The topological polar surface area (TPSA) is 162 Å². The molecule has 8 rings (SSSR count). The number of anilines is 2. The number of hydrogen-bond acceptors (Lipinski definition) is 10. The van der Waals surface area contributed by atoms with Crippen LogP contribution >= 0.6 is 11.6 Å². The highest BCUT2D eigenvalue weighted by Gasteiger charge is 2.36. The molecule has 4 aromatic rings. The average molecular weight is 793 g/mol. The highest BCUT2D eigenvalue weighted by atomic mass is 35.5. The van der Waals surface area contributed by atoms with Crippen molar-refractivity contribution in [3.05, 3.63) is 71.0 Å². The lowest BCUT2D eigenvalue weighted by Crippen LogP contribution is -2.49. The zero-order valence-corrected chi connectivity index (χ0v) is 33.2. The second-order valence-electron chi connectivity index (χ2n) is 16.8. The SMILES string of the molecule is CC1(C)CC(CN2CCC(n3ncc4c(N5CCC(=O)NC5=O)cccc43)CC2)CN(c2ccc(C(=O)NC3CCC(Oc4ccc(C#N)c(Cl)c4)CC3)nn2)C1. The molecule has 2 aromatic carbocycles. The van der Waals surface area contributed by atoms with Gasteiger partial charge in [0.1, 0.15) is 11.8 Å². The van der Waals surface area contributed by atoms with E-state index in [-0.39, 0.29) is 47.9 Å². The maximum Gasteiger partial charge on any atom is 0.328 e. The number of halogens is 1. The van der Waals surface area contributed by atoms with Gasteiger partial charge in [-0.2, -0.15) is 10.4 Å². The van der Waals surface area contributed by atoms with Crippen molar-refractivity contribution in [2.75, 3.05) is 49.1 Å². The van der Waals surface area contributed by atoms with Gasteiger partial charge in [-0.1, -0.05) is 31.5 Å². The quantitative estimate of drug-likeness (QED) is 0.203. The summed E-state index contributed by atoms with van der Waals surface area (Å²) >= 11 is 6.17. The zero-order valence-electron chi connectivity index (χ0n) is 32.5. The molecule has 2 N–H and O–H groups in total. The minimum atomic E-state index is -0.387. The van der Waals surface area contributed by atoms with Gasteiger partial charge >= 0.3 is 6.03 Å². The van der Waals surface area contributed by atoms with Gasteiger partial charge in [0.25, 0.3) is 5.91 Å². The first-order valence-corrected chi connectivity index (χ1v) is 20.5. The third-order valence-corrected chi connectivity index (χ3v) is 12.2. The largest absolute Gasteiger partial charge is 0.490 e. The Morgan fingerprint density at radius 3 is 2.56 bits per heavy atom. The number of nitrogens with one attached hydrogen (secondary N) is 2. The summed E-state index contributed by atoms with van der Waals surface area (Å²) in [5.74, 6) is 1.44. The number of benzene rings is 2. The van der Waals surface area contributed by atoms with Crippen LogP contribution in [0.3, 0.4) is 0 Å². The molecule has 3 aliphatic heterocycles. The molecular formula is C42H49ClN10O4. The fourth-order valence-electron chi connectivity index (χ4n) is 9.24. The molecule has 4 fully saturated rings. The van der Waals surface area contributed by atoms with Crippen LogP contribution in [0.4, 0.5) is 16.3 Å². The number of carbonyl (C=O) groups is 3. The van der Waals surface area contributed by atoms with Crippen molar-refractivity contribution < 1.29 is 19.1 Å². The van der Waals surface area contributed by atoms with Crippen LogP contribution in [-0.2, 0) is 4.79 Å². The highest BCUT2D eigenvalue weighted by Crippen LogP contribution is 2.37. The smallest absolute Gasteiger partial charge is 0.328 e. The van der Waals surface area contributed by atoms with Crippen LogP contribution < -0.4 is 25.2 Å². The number of ether oxygens (including phenoxy) is 1.